The Bertz CT molecular complexity index is 836. The van der Waals surface area contributed by atoms with Gasteiger partial charge in [0.2, 0.25) is 5.13 Å². The molecule has 25 heavy (non-hydrogen) atoms. The molecule has 5 nitrogen and oxygen atoms in total. The van der Waals surface area contributed by atoms with Gasteiger partial charge < -0.3 is 14.8 Å². The van der Waals surface area contributed by atoms with Crippen LogP contribution >= 0.6 is 11.3 Å². The molecule has 2 heterocycles. The lowest BCUT2D eigenvalue weighted by Crippen LogP contribution is -2.09. The summed E-state index contributed by atoms with van der Waals surface area (Å²) in [7, 11) is 0. The quantitative estimate of drug-likeness (QED) is 0.724. The van der Waals surface area contributed by atoms with Gasteiger partial charge in [-0.2, -0.15) is 0 Å². The lowest BCUT2D eigenvalue weighted by atomic mass is 10.0. The number of aromatic nitrogens is 2. The zero-order chi connectivity index (χ0) is 16.9. The van der Waals surface area contributed by atoms with Crippen LogP contribution in [0.2, 0.25) is 0 Å². The maximum atomic E-state index is 5.70. The number of fused-ring (bicyclic) bond motifs is 1. The second kappa shape index (κ2) is 7.53. The van der Waals surface area contributed by atoms with Gasteiger partial charge in [-0.1, -0.05) is 41.7 Å². The molecule has 0 saturated heterocycles. The fraction of sp³-hybridized carbons (Fsp3) is 0.263. The second-order valence-electron chi connectivity index (χ2n) is 5.85. The molecule has 2 aromatic carbocycles. The average Bonchev–Trinajstić information content (AvgIpc) is 3.13. The van der Waals surface area contributed by atoms with Crippen molar-refractivity contribution in [3.8, 4) is 11.5 Å². The van der Waals surface area contributed by atoms with Crippen LogP contribution in [0.3, 0.4) is 0 Å². The van der Waals surface area contributed by atoms with E-state index in [-0.39, 0.29) is 0 Å². The molecule has 0 unspecified atom stereocenters. The molecule has 0 spiro atoms. The van der Waals surface area contributed by atoms with Gasteiger partial charge in [-0.15, -0.1) is 10.2 Å². The monoisotopic (exact) mass is 353 g/mol. The third-order valence-corrected chi connectivity index (χ3v) is 4.84. The number of aryl methyl sites for hydroxylation is 1. The lowest BCUT2D eigenvalue weighted by molar-refractivity contribution is 0.288. The maximum Gasteiger partial charge on any atom is 0.206 e. The van der Waals surface area contributed by atoms with E-state index in [2.05, 4.69) is 33.7 Å². The molecule has 1 aliphatic heterocycles. The van der Waals surface area contributed by atoms with Crippen molar-refractivity contribution in [2.45, 2.75) is 26.0 Å². The van der Waals surface area contributed by atoms with E-state index in [0.717, 1.165) is 47.6 Å². The van der Waals surface area contributed by atoms with E-state index in [0.29, 0.717) is 6.61 Å². The molecule has 0 saturated carbocycles. The van der Waals surface area contributed by atoms with E-state index in [1.807, 2.05) is 30.3 Å². The summed E-state index contributed by atoms with van der Waals surface area (Å²) in [6.07, 6.45) is 2.17. The predicted molar refractivity (Wildman–Crippen MR) is 98.3 cm³/mol. The Balaban J connectivity index is 1.32. The zero-order valence-corrected chi connectivity index (χ0v) is 14.6. The largest absolute Gasteiger partial charge is 0.493 e. The van der Waals surface area contributed by atoms with Crippen LogP contribution < -0.4 is 14.8 Å². The van der Waals surface area contributed by atoms with Crippen LogP contribution in [0.5, 0.6) is 11.5 Å². The van der Waals surface area contributed by atoms with Crippen LogP contribution in [0.1, 0.15) is 22.6 Å². The Morgan fingerprint density at radius 2 is 2.04 bits per heavy atom. The molecule has 6 heteroatoms. The van der Waals surface area contributed by atoms with Crippen molar-refractivity contribution < 1.29 is 9.47 Å². The summed E-state index contributed by atoms with van der Waals surface area (Å²) in [4.78, 5) is 0. The normalized spacial score (nSPS) is 13.0. The lowest BCUT2D eigenvalue weighted by Gasteiger charge is -2.17. The number of rotatable bonds is 6. The number of hydrogen-bond acceptors (Lipinski definition) is 6. The van der Waals surface area contributed by atoms with E-state index in [4.69, 9.17) is 9.47 Å². The molecule has 4 rings (SSSR count). The van der Waals surface area contributed by atoms with Crippen LogP contribution in [0.15, 0.2) is 48.5 Å². The van der Waals surface area contributed by atoms with E-state index in [9.17, 15) is 0 Å². The minimum absolute atomic E-state index is 0.430. The number of nitrogens with one attached hydrogen (secondary N) is 1. The van der Waals surface area contributed by atoms with E-state index >= 15 is 0 Å². The number of ether oxygens (including phenoxy) is 2. The van der Waals surface area contributed by atoms with Crippen molar-refractivity contribution in [1.82, 2.24) is 10.2 Å². The highest BCUT2D eigenvalue weighted by molar-refractivity contribution is 7.15. The first kappa shape index (κ1) is 15.9. The standard InChI is InChI=1S/C19H19N3O2S/c1-2-6-16(7-3-1)24-13-18-21-22-19(25-18)20-12-14-8-9-17-15(11-14)5-4-10-23-17/h1-3,6-9,11H,4-5,10,12-13H2,(H,20,22). The molecular weight excluding hydrogens is 334 g/mol. The highest BCUT2D eigenvalue weighted by atomic mass is 32.1. The van der Waals surface area contributed by atoms with Gasteiger partial charge in [0, 0.05) is 6.54 Å². The smallest absolute Gasteiger partial charge is 0.206 e. The van der Waals surface area contributed by atoms with E-state index < -0.39 is 0 Å². The van der Waals surface area contributed by atoms with Crippen LogP contribution in [-0.4, -0.2) is 16.8 Å². The fourth-order valence-electron chi connectivity index (χ4n) is 2.75. The number of benzene rings is 2. The number of nitrogens with zero attached hydrogens (tertiary/aromatic N) is 2. The van der Waals surface area contributed by atoms with Gasteiger partial charge in [-0.05, 0) is 42.2 Å². The summed E-state index contributed by atoms with van der Waals surface area (Å²) in [5, 5.41) is 13.4. The summed E-state index contributed by atoms with van der Waals surface area (Å²) in [6, 6.07) is 16.1. The van der Waals surface area contributed by atoms with Gasteiger partial charge in [0.05, 0.1) is 6.61 Å². The van der Waals surface area contributed by atoms with Crippen LogP contribution in [0.25, 0.3) is 0 Å². The Hall–Kier alpha value is -2.60. The first-order chi connectivity index (χ1) is 12.4. The Morgan fingerprint density at radius 3 is 2.96 bits per heavy atom. The molecule has 0 radical (unpaired) electrons. The van der Waals surface area contributed by atoms with Gasteiger partial charge in [0.25, 0.3) is 0 Å². The van der Waals surface area contributed by atoms with Gasteiger partial charge in [-0.3, -0.25) is 0 Å². The zero-order valence-electron chi connectivity index (χ0n) is 13.8. The molecule has 128 valence electrons. The summed E-state index contributed by atoms with van der Waals surface area (Å²) >= 11 is 1.52. The Kier molecular flexibility index (Phi) is 4.79. The summed E-state index contributed by atoms with van der Waals surface area (Å²) in [5.41, 5.74) is 2.52. The van der Waals surface area contributed by atoms with Crippen LogP contribution in [0, 0.1) is 0 Å². The third-order valence-electron chi connectivity index (χ3n) is 3.99. The van der Waals surface area contributed by atoms with Crippen molar-refractivity contribution in [1.29, 1.82) is 0 Å². The van der Waals surface area contributed by atoms with Crippen molar-refractivity contribution >= 4 is 16.5 Å². The summed E-state index contributed by atoms with van der Waals surface area (Å²) < 4.78 is 11.3. The van der Waals surface area contributed by atoms with Crippen molar-refractivity contribution in [2.24, 2.45) is 0 Å². The second-order valence-corrected chi connectivity index (χ2v) is 6.91. The molecule has 0 aliphatic carbocycles. The number of hydrogen-bond donors (Lipinski definition) is 1. The van der Waals surface area contributed by atoms with Crippen LogP contribution in [0.4, 0.5) is 5.13 Å². The van der Waals surface area contributed by atoms with Crippen LogP contribution in [-0.2, 0) is 19.6 Å². The Morgan fingerprint density at radius 1 is 1.12 bits per heavy atom. The molecule has 1 aliphatic rings. The third kappa shape index (κ3) is 4.09. The van der Waals surface area contributed by atoms with Crippen molar-refractivity contribution in [3.05, 3.63) is 64.7 Å². The maximum absolute atomic E-state index is 5.70. The molecule has 0 amide bonds. The van der Waals surface area contributed by atoms with Gasteiger partial charge in [0.15, 0.2) is 5.01 Å². The minimum atomic E-state index is 0.430. The minimum Gasteiger partial charge on any atom is -0.493 e. The number of para-hydroxylation sites is 1. The van der Waals surface area contributed by atoms with Crippen molar-refractivity contribution in [2.75, 3.05) is 11.9 Å². The average molecular weight is 353 g/mol. The highest BCUT2D eigenvalue weighted by Gasteiger charge is 2.11. The summed E-state index contributed by atoms with van der Waals surface area (Å²) in [5.74, 6) is 1.86. The predicted octanol–water partition coefficient (Wildman–Crippen LogP) is 4.05. The van der Waals surface area contributed by atoms with E-state index in [1.54, 1.807) is 0 Å². The molecule has 3 aromatic rings. The molecule has 0 fully saturated rings. The van der Waals surface area contributed by atoms with E-state index in [1.165, 1.54) is 22.5 Å². The topological polar surface area (TPSA) is 56.3 Å². The number of anilines is 1. The molecule has 1 N–H and O–H groups in total. The summed E-state index contributed by atoms with van der Waals surface area (Å²) in [6.45, 7) is 1.98. The fourth-order valence-corrected chi connectivity index (χ4v) is 3.40. The molecule has 1 aromatic heterocycles. The highest BCUT2D eigenvalue weighted by Crippen LogP contribution is 2.26. The first-order valence-corrected chi connectivity index (χ1v) is 9.17. The molecule has 0 atom stereocenters. The molecule has 0 bridgehead atoms. The van der Waals surface area contributed by atoms with Crippen molar-refractivity contribution in [3.63, 3.8) is 0 Å². The van der Waals surface area contributed by atoms with Gasteiger partial charge in [0.1, 0.15) is 18.1 Å². The molecular formula is C19H19N3O2S. The SMILES string of the molecule is c1ccc(OCc2nnc(NCc3ccc4c(c3)CCCO4)s2)cc1. The Labute approximate surface area is 150 Å². The van der Waals surface area contributed by atoms with Gasteiger partial charge in [-0.25, -0.2) is 0 Å². The first-order valence-electron chi connectivity index (χ1n) is 8.35. The van der Waals surface area contributed by atoms with Gasteiger partial charge >= 0.3 is 0 Å².